The van der Waals surface area contributed by atoms with E-state index in [0.717, 1.165) is 26.2 Å². The molecule has 0 spiro atoms. The van der Waals surface area contributed by atoms with Crippen molar-refractivity contribution in [1.82, 2.24) is 20.0 Å². The Labute approximate surface area is 262 Å². The summed E-state index contributed by atoms with van der Waals surface area (Å²) < 4.78 is 23.1. The minimum Gasteiger partial charge on any atom is -0.465 e. The van der Waals surface area contributed by atoms with Crippen molar-refractivity contribution >= 4 is 17.9 Å². The number of hydrogen-bond donors (Lipinski definition) is 2. The molecule has 2 N–H and O–H groups in total. The maximum atomic E-state index is 12.5. The molecule has 12 heteroatoms. The molecule has 0 aromatic carbocycles. The quantitative estimate of drug-likeness (QED) is 0.0657. The van der Waals surface area contributed by atoms with Gasteiger partial charge >= 0.3 is 17.9 Å². The fraction of sp³-hybridized carbons (Fsp3) is 0.781. The van der Waals surface area contributed by atoms with Gasteiger partial charge in [0, 0.05) is 69.9 Å². The fourth-order valence-electron chi connectivity index (χ4n) is 4.77. The first kappa shape index (κ1) is 36.0. The van der Waals surface area contributed by atoms with E-state index in [-0.39, 0.29) is 63.8 Å². The van der Waals surface area contributed by atoms with Gasteiger partial charge in [0.15, 0.2) is 0 Å². The van der Waals surface area contributed by atoms with Gasteiger partial charge in [0.1, 0.15) is 19.8 Å². The maximum absolute atomic E-state index is 12.5. The van der Waals surface area contributed by atoms with E-state index in [1.165, 1.54) is 0 Å². The smallest absolute Gasteiger partial charge is 0.307 e. The molecular formula is C32H54N4O8. The molecule has 6 atom stereocenters. The summed E-state index contributed by atoms with van der Waals surface area (Å²) in [5.74, 6) is -1.01. The molecule has 44 heavy (non-hydrogen) atoms. The van der Waals surface area contributed by atoms with Crippen LogP contribution in [0.5, 0.6) is 0 Å². The summed E-state index contributed by atoms with van der Waals surface area (Å²) in [7, 11) is 0. The van der Waals surface area contributed by atoms with E-state index in [4.69, 9.17) is 18.9 Å². The van der Waals surface area contributed by atoms with Crippen LogP contribution < -0.4 is 5.32 Å². The Balaban J connectivity index is 1.59. The number of carbonyl (C=O) groups is 3. The number of aliphatic hydroxyl groups is 1. The molecule has 0 aromatic rings. The van der Waals surface area contributed by atoms with Gasteiger partial charge in [-0.1, -0.05) is 19.6 Å². The summed E-state index contributed by atoms with van der Waals surface area (Å²) >= 11 is 0. The number of rotatable bonds is 25. The summed E-state index contributed by atoms with van der Waals surface area (Å²) in [6.07, 6.45) is 6.67. The van der Waals surface area contributed by atoms with Gasteiger partial charge in [0.05, 0.1) is 44.5 Å². The van der Waals surface area contributed by atoms with Gasteiger partial charge in [-0.15, -0.1) is 0 Å². The van der Waals surface area contributed by atoms with Crippen molar-refractivity contribution in [2.75, 3.05) is 92.0 Å². The standard InChI is InChI=1S/C32H54N4O8/c1-5-7-11-33-19-31(6-2,23-42-29(39)9-13-35-17-26(35)3)21-41-22-32(20-37,24-43-28(38)8-12-34-15-16-34)25-44-30(40)10-14-36-18-27(36)4/h5,7,11,26-27,33,37H,1,6,8-10,12-25H2,2-4H3/b11-7-. The highest BCUT2D eigenvalue weighted by Gasteiger charge is 2.38. The van der Waals surface area contributed by atoms with E-state index in [2.05, 4.69) is 40.4 Å². The van der Waals surface area contributed by atoms with Crippen molar-refractivity contribution < 1.29 is 38.4 Å². The van der Waals surface area contributed by atoms with Crippen LogP contribution >= 0.6 is 0 Å². The van der Waals surface area contributed by atoms with Gasteiger partial charge in [-0.2, -0.15) is 0 Å². The highest BCUT2D eigenvalue weighted by Crippen LogP contribution is 2.27. The molecule has 0 aliphatic carbocycles. The van der Waals surface area contributed by atoms with Crippen LogP contribution in [0.3, 0.4) is 0 Å². The lowest BCUT2D eigenvalue weighted by atomic mass is 9.86. The molecule has 12 nitrogen and oxygen atoms in total. The third kappa shape index (κ3) is 13.2. The lowest BCUT2D eigenvalue weighted by molar-refractivity contribution is -0.163. The van der Waals surface area contributed by atoms with Crippen molar-refractivity contribution in [1.29, 1.82) is 0 Å². The molecule has 6 unspecified atom stereocenters. The summed E-state index contributed by atoms with van der Waals surface area (Å²) in [6, 6.07) is 1.01. The third-order valence-electron chi connectivity index (χ3n) is 8.70. The summed E-state index contributed by atoms with van der Waals surface area (Å²) in [5, 5.41) is 13.7. The Morgan fingerprint density at radius 2 is 1.32 bits per heavy atom. The Morgan fingerprint density at radius 1 is 0.841 bits per heavy atom. The van der Waals surface area contributed by atoms with Gasteiger partial charge in [0.25, 0.3) is 0 Å². The lowest BCUT2D eigenvalue weighted by Gasteiger charge is -2.35. The number of nitrogens with one attached hydrogen (secondary N) is 1. The predicted octanol–water partition coefficient (Wildman–Crippen LogP) is 1.19. The molecule has 0 radical (unpaired) electrons. The molecule has 3 aliphatic rings. The van der Waals surface area contributed by atoms with E-state index >= 15 is 0 Å². The van der Waals surface area contributed by atoms with Crippen molar-refractivity contribution in [3.63, 3.8) is 0 Å². The van der Waals surface area contributed by atoms with Crippen LogP contribution in [0.2, 0.25) is 0 Å². The number of aliphatic hydroxyl groups excluding tert-OH is 1. The average molecular weight is 623 g/mol. The summed E-state index contributed by atoms with van der Waals surface area (Å²) in [4.78, 5) is 44.0. The molecule has 3 rings (SSSR count). The van der Waals surface area contributed by atoms with Crippen LogP contribution in [0.4, 0.5) is 0 Å². The van der Waals surface area contributed by atoms with Crippen LogP contribution in [-0.2, 0) is 33.3 Å². The van der Waals surface area contributed by atoms with Crippen LogP contribution in [0.25, 0.3) is 0 Å². The number of ether oxygens (including phenoxy) is 4. The van der Waals surface area contributed by atoms with E-state index in [9.17, 15) is 19.5 Å². The van der Waals surface area contributed by atoms with Crippen molar-refractivity contribution in [3.8, 4) is 0 Å². The van der Waals surface area contributed by atoms with Crippen LogP contribution in [0, 0.1) is 10.8 Å². The molecule has 3 saturated heterocycles. The zero-order valence-electron chi connectivity index (χ0n) is 27.0. The van der Waals surface area contributed by atoms with Crippen LogP contribution in [-0.4, -0.2) is 142 Å². The zero-order valence-corrected chi connectivity index (χ0v) is 27.0. The van der Waals surface area contributed by atoms with Crippen molar-refractivity contribution in [3.05, 3.63) is 24.9 Å². The molecule has 3 aliphatic heterocycles. The summed E-state index contributed by atoms with van der Waals surface area (Å²) in [5.41, 5.74) is -1.71. The number of carbonyl (C=O) groups excluding carboxylic acids is 3. The molecule has 0 saturated carbocycles. The van der Waals surface area contributed by atoms with E-state index in [0.29, 0.717) is 51.1 Å². The Morgan fingerprint density at radius 3 is 1.75 bits per heavy atom. The summed E-state index contributed by atoms with van der Waals surface area (Å²) in [6.45, 7) is 15.9. The zero-order chi connectivity index (χ0) is 32.0. The highest BCUT2D eigenvalue weighted by atomic mass is 16.6. The van der Waals surface area contributed by atoms with Gasteiger partial charge in [-0.3, -0.25) is 24.2 Å². The van der Waals surface area contributed by atoms with E-state index < -0.39 is 17.4 Å². The predicted molar refractivity (Wildman–Crippen MR) is 166 cm³/mol. The first-order valence-electron chi connectivity index (χ1n) is 16.0. The second-order valence-electron chi connectivity index (χ2n) is 12.7. The number of esters is 3. The first-order chi connectivity index (χ1) is 21.1. The molecule has 3 fully saturated rings. The van der Waals surface area contributed by atoms with Gasteiger partial charge in [-0.05, 0) is 32.5 Å². The average Bonchev–Trinajstić information content (AvgIpc) is 3.94. The van der Waals surface area contributed by atoms with Gasteiger partial charge in [0.2, 0.25) is 0 Å². The topological polar surface area (TPSA) is 129 Å². The first-order valence-corrected chi connectivity index (χ1v) is 16.0. The minimum absolute atomic E-state index is 0.0234. The van der Waals surface area contributed by atoms with Crippen molar-refractivity contribution in [2.45, 2.75) is 58.5 Å². The maximum Gasteiger partial charge on any atom is 0.307 e. The highest BCUT2D eigenvalue weighted by molar-refractivity contribution is 5.70. The fourth-order valence-corrected chi connectivity index (χ4v) is 4.77. The second kappa shape index (κ2) is 17.8. The number of hydrogen-bond acceptors (Lipinski definition) is 12. The third-order valence-corrected chi connectivity index (χ3v) is 8.70. The molecular weight excluding hydrogens is 568 g/mol. The number of nitrogens with zero attached hydrogens (tertiary/aromatic N) is 3. The van der Waals surface area contributed by atoms with Gasteiger partial charge in [-0.25, -0.2) is 0 Å². The van der Waals surface area contributed by atoms with Crippen LogP contribution in [0.15, 0.2) is 24.9 Å². The van der Waals surface area contributed by atoms with E-state index in [1.54, 1.807) is 18.4 Å². The largest absolute Gasteiger partial charge is 0.465 e. The monoisotopic (exact) mass is 622 g/mol. The Kier molecular flexibility index (Phi) is 14.6. The van der Waals surface area contributed by atoms with E-state index in [1.807, 2.05) is 6.92 Å². The van der Waals surface area contributed by atoms with Crippen LogP contribution in [0.1, 0.15) is 46.5 Å². The Bertz CT molecular complexity index is 976. The molecule has 0 bridgehead atoms. The normalized spacial score (nSPS) is 25.0. The molecule has 250 valence electrons. The van der Waals surface area contributed by atoms with Crippen molar-refractivity contribution in [2.24, 2.45) is 10.8 Å². The second-order valence-corrected chi connectivity index (χ2v) is 12.7. The van der Waals surface area contributed by atoms with Gasteiger partial charge < -0.3 is 34.3 Å². The molecule has 3 heterocycles. The lowest BCUT2D eigenvalue weighted by Crippen LogP contribution is -2.45. The SMILES string of the molecule is C=C/C=C\NCC(CC)(COCC(CO)(COC(=O)CCN1CC1)COC(=O)CCN1CC1C)COC(=O)CCN1CC1C. The molecule has 0 aromatic heterocycles. The Hall–Kier alpha value is -2.51. The number of allylic oxidation sites excluding steroid dienone is 2. The molecule has 0 amide bonds. The minimum atomic E-state index is -1.14.